The Hall–Kier alpha value is -2.40. The first-order chi connectivity index (χ1) is 12.1. The fourth-order valence-electron chi connectivity index (χ4n) is 3.28. The molecule has 1 fully saturated rings. The fourth-order valence-corrected chi connectivity index (χ4v) is 3.28. The van der Waals surface area contributed by atoms with Gasteiger partial charge in [-0.15, -0.1) is 0 Å². The highest BCUT2D eigenvalue weighted by Crippen LogP contribution is 2.38. The van der Waals surface area contributed by atoms with E-state index in [1.54, 1.807) is 19.4 Å². The Balaban J connectivity index is 1.73. The number of nitrogens with zero attached hydrogens (tertiary/aromatic N) is 1. The highest BCUT2D eigenvalue weighted by atomic mass is 16.5. The van der Waals surface area contributed by atoms with Crippen molar-refractivity contribution >= 4 is 5.91 Å². The normalized spacial score (nSPS) is 20.4. The largest absolute Gasteiger partial charge is 0.481 e. The van der Waals surface area contributed by atoms with Crippen LogP contribution >= 0.6 is 0 Å². The monoisotopic (exact) mass is 340 g/mol. The second-order valence-corrected chi connectivity index (χ2v) is 6.67. The molecule has 1 amide bonds. The number of aromatic nitrogens is 1. The minimum atomic E-state index is -0.271. The van der Waals surface area contributed by atoms with Crippen molar-refractivity contribution in [3.05, 3.63) is 59.3 Å². The molecule has 25 heavy (non-hydrogen) atoms. The standard InChI is InChI=1S/C20H24N2O3/c1-13-5-3-4-6-14(13)11-18(24)22-20(16-9-17(23)10-16)15-7-8-19(25-2)21-12-15/h3-8,12,16-17,20,23H,9-11H2,1-2H3,(H,22,24). The first kappa shape index (κ1) is 17.4. The number of rotatable bonds is 6. The summed E-state index contributed by atoms with van der Waals surface area (Å²) >= 11 is 0. The van der Waals surface area contributed by atoms with Gasteiger partial charge < -0.3 is 15.2 Å². The summed E-state index contributed by atoms with van der Waals surface area (Å²) < 4.78 is 5.10. The molecule has 0 radical (unpaired) electrons. The smallest absolute Gasteiger partial charge is 0.224 e. The van der Waals surface area contributed by atoms with Gasteiger partial charge in [-0.3, -0.25) is 4.79 Å². The molecule has 2 aromatic rings. The van der Waals surface area contributed by atoms with E-state index in [1.807, 2.05) is 37.3 Å². The van der Waals surface area contributed by atoms with E-state index in [0.717, 1.165) is 16.7 Å². The number of hydrogen-bond donors (Lipinski definition) is 2. The second-order valence-electron chi connectivity index (χ2n) is 6.67. The predicted octanol–water partition coefficient (Wildman–Crippen LogP) is 2.57. The molecular weight excluding hydrogens is 316 g/mol. The number of carbonyl (C=O) groups is 1. The maximum atomic E-state index is 12.6. The topological polar surface area (TPSA) is 71.5 Å². The van der Waals surface area contributed by atoms with Crippen molar-refractivity contribution in [2.45, 2.75) is 38.3 Å². The van der Waals surface area contributed by atoms with Gasteiger partial charge >= 0.3 is 0 Å². The van der Waals surface area contributed by atoms with Crippen LogP contribution in [0.2, 0.25) is 0 Å². The van der Waals surface area contributed by atoms with Gasteiger partial charge in [-0.25, -0.2) is 4.98 Å². The molecule has 0 spiro atoms. The third-order valence-electron chi connectivity index (χ3n) is 4.88. The van der Waals surface area contributed by atoms with E-state index in [0.29, 0.717) is 25.1 Å². The molecule has 5 nitrogen and oxygen atoms in total. The molecule has 3 rings (SSSR count). The fraction of sp³-hybridized carbons (Fsp3) is 0.400. The van der Waals surface area contributed by atoms with Gasteiger partial charge in [0.1, 0.15) is 0 Å². The van der Waals surface area contributed by atoms with Crippen molar-refractivity contribution in [1.29, 1.82) is 0 Å². The molecule has 132 valence electrons. The zero-order chi connectivity index (χ0) is 17.8. The number of aryl methyl sites for hydroxylation is 1. The molecule has 2 N–H and O–H groups in total. The average Bonchev–Trinajstić information content (AvgIpc) is 2.59. The lowest BCUT2D eigenvalue weighted by Crippen LogP contribution is -2.42. The van der Waals surface area contributed by atoms with Gasteiger partial charge in [-0.05, 0) is 42.4 Å². The second kappa shape index (κ2) is 7.66. The van der Waals surface area contributed by atoms with E-state index < -0.39 is 0 Å². The van der Waals surface area contributed by atoms with Crippen LogP contribution in [0.5, 0.6) is 5.88 Å². The SMILES string of the molecule is COc1ccc(C(NC(=O)Cc2ccccc2C)C2CC(O)C2)cn1. The molecule has 1 aromatic carbocycles. The molecular formula is C20H24N2O3. The molecule has 1 unspecified atom stereocenters. The number of benzene rings is 1. The first-order valence-electron chi connectivity index (χ1n) is 8.58. The Morgan fingerprint density at radius 3 is 2.68 bits per heavy atom. The zero-order valence-electron chi connectivity index (χ0n) is 14.6. The van der Waals surface area contributed by atoms with Crippen LogP contribution in [0.25, 0.3) is 0 Å². The highest BCUT2D eigenvalue weighted by Gasteiger charge is 2.35. The van der Waals surface area contributed by atoms with Crippen LogP contribution in [0.3, 0.4) is 0 Å². The molecule has 1 saturated carbocycles. The van der Waals surface area contributed by atoms with Crippen molar-refractivity contribution in [2.24, 2.45) is 5.92 Å². The Bertz CT molecular complexity index is 724. The van der Waals surface area contributed by atoms with E-state index >= 15 is 0 Å². The van der Waals surface area contributed by atoms with Gasteiger partial charge in [0.15, 0.2) is 0 Å². The van der Waals surface area contributed by atoms with Crippen LogP contribution in [0, 0.1) is 12.8 Å². The lowest BCUT2D eigenvalue weighted by molar-refractivity contribution is -0.122. The summed E-state index contributed by atoms with van der Waals surface area (Å²) in [6.45, 7) is 2.01. The number of pyridine rings is 1. The number of aliphatic hydroxyl groups excluding tert-OH is 1. The zero-order valence-corrected chi connectivity index (χ0v) is 14.6. The minimum absolute atomic E-state index is 0.0171. The highest BCUT2D eigenvalue weighted by molar-refractivity contribution is 5.79. The summed E-state index contributed by atoms with van der Waals surface area (Å²) in [5.74, 6) is 0.755. The summed E-state index contributed by atoms with van der Waals surface area (Å²) in [5.41, 5.74) is 3.08. The van der Waals surface area contributed by atoms with Crippen LogP contribution in [0.15, 0.2) is 42.6 Å². The van der Waals surface area contributed by atoms with Gasteiger partial charge in [-0.1, -0.05) is 30.3 Å². The van der Waals surface area contributed by atoms with Crippen molar-refractivity contribution in [3.8, 4) is 5.88 Å². The number of carbonyl (C=O) groups excluding carboxylic acids is 1. The lowest BCUT2D eigenvalue weighted by atomic mass is 9.75. The quantitative estimate of drug-likeness (QED) is 0.848. The maximum absolute atomic E-state index is 12.6. The minimum Gasteiger partial charge on any atom is -0.481 e. The summed E-state index contributed by atoms with van der Waals surface area (Å²) in [6.07, 6.45) is 3.21. The lowest BCUT2D eigenvalue weighted by Gasteiger charge is -2.38. The average molecular weight is 340 g/mol. The molecule has 1 aliphatic rings. The molecule has 1 atom stereocenters. The van der Waals surface area contributed by atoms with Crippen LogP contribution in [-0.4, -0.2) is 29.2 Å². The summed E-state index contributed by atoms with van der Waals surface area (Å²) in [6, 6.07) is 11.5. The Morgan fingerprint density at radius 2 is 2.08 bits per heavy atom. The van der Waals surface area contributed by atoms with Gasteiger partial charge in [0.25, 0.3) is 0 Å². The molecule has 5 heteroatoms. The Kier molecular flexibility index (Phi) is 5.34. The van der Waals surface area contributed by atoms with E-state index in [2.05, 4.69) is 10.3 Å². The molecule has 0 saturated heterocycles. The van der Waals surface area contributed by atoms with Crippen LogP contribution in [-0.2, 0) is 11.2 Å². The van der Waals surface area contributed by atoms with E-state index in [1.165, 1.54) is 0 Å². The molecule has 0 bridgehead atoms. The van der Waals surface area contributed by atoms with Gasteiger partial charge in [0.2, 0.25) is 11.8 Å². The molecule has 1 aromatic heterocycles. The Morgan fingerprint density at radius 1 is 1.32 bits per heavy atom. The number of hydrogen-bond acceptors (Lipinski definition) is 4. The van der Waals surface area contributed by atoms with E-state index in [4.69, 9.17) is 4.74 Å². The van der Waals surface area contributed by atoms with Gasteiger partial charge in [0, 0.05) is 12.3 Å². The van der Waals surface area contributed by atoms with Gasteiger partial charge in [-0.2, -0.15) is 0 Å². The number of nitrogens with one attached hydrogen (secondary N) is 1. The number of amides is 1. The summed E-state index contributed by atoms with van der Waals surface area (Å²) in [7, 11) is 1.58. The van der Waals surface area contributed by atoms with Crippen LogP contribution in [0.1, 0.15) is 35.6 Å². The predicted molar refractivity (Wildman–Crippen MR) is 95.3 cm³/mol. The van der Waals surface area contributed by atoms with Crippen molar-refractivity contribution in [3.63, 3.8) is 0 Å². The van der Waals surface area contributed by atoms with Crippen LogP contribution < -0.4 is 10.1 Å². The van der Waals surface area contributed by atoms with E-state index in [-0.39, 0.29) is 24.0 Å². The van der Waals surface area contributed by atoms with E-state index in [9.17, 15) is 9.90 Å². The first-order valence-corrected chi connectivity index (χ1v) is 8.58. The number of aliphatic hydroxyl groups is 1. The maximum Gasteiger partial charge on any atom is 0.224 e. The molecule has 0 aliphatic heterocycles. The molecule has 1 heterocycles. The van der Waals surface area contributed by atoms with Crippen molar-refractivity contribution in [2.75, 3.05) is 7.11 Å². The van der Waals surface area contributed by atoms with Crippen molar-refractivity contribution < 1.29 is 14.6 Å². The van der Waals surface area contributed by atoms with Crippen LogP contribution in [0.4, 0.5) is 0 Å². The third-order valence-corrected chi connectivity index (χ3v) is 4.88. The molecule has 1 aliphatic carbocycles. The number of ether oxygens (including phenoxy) is 1. The Labute approximate surface area is 148 Å². The summed E-state index contributed by atoms with van der Waals surface area (Å²) in [5, 5.41) is 12.8. The van der Waals surface area contributed by atoms with Gasteiger partial charge in [0.05, 0.1) is 25.7 Å². The van der Waals surface area contributed by atoms with Crippen molar-refractivity contribution in [1.82, 2.24) is 10.3 Å². The third kappa shape index (κ3) is 4.17. The number of methoxy groups -OCH3 is 1. The summed E-state index contributed by atoms with van der Waals surface area (Å²) in [4.78, 5) is 16.8.